The third-order valence-electron chi connectivity index (χ3n) is 3.93. The topological polar surface area (TPSA) is 50.1 Å². The largest absolute Gasteiger partial charge is 0.384 e. The maximum atomic E-state index is 10.7. The zero-order valence-corrected chi connectivity index (χ0v) is 14.0. The van der Waals surface area contributed by atoms with E-state index in [2.05, 4.69) is 48.5 Å². The molecule has 2 rings (SSSR count). The zero-order valence-electron chi connectivity index (χ0n) is 14.0. The van der Waals surface area contributed by atoms with Crippen molar-refractivity contribution in [3.05, 3.63) is 53.9 Å². The summed E-state index contributed by atoms with van der Waals surface area (Å²) in [4.78, 5) is 0. The van der Waals surface area contributed by atoms with Crippen molar-refractivity contribution in [3.63, 3.8) is 0 Å². The fraction of sp³-hybridized carbons (Fsp3) is 0.500. The summed E-state index contributed by atoms with van der Waals surface area (Å²) in [6, 6.07) is 10.7. The molecule has 0 aliphatic rings. The van der Waals surface area contributed by atoms with Gasteiger partial charge in [0.2, 0.25) is 0 Å². The second-order valence-corrected chi connectivity index (χ2v) is 6.65. The van der Waals surface area contributed by atoms with Gasteiger partial charge in [0.15, 0.2) is 0 Å². The van der Waals surface area contributed by atoms with Gasteiger partial charge in [-0.25, -0.2) is 0 Å². The van der Waals surface area contributed by atoms with Crippen LogP contribution in [0.2, 0.25) is 0 Å². The van der Waals surface area contributed by atoms with Crippen LogP contribution in [0.15, 0.2) is 42.7 Å². The molecule has 0 saturated carbocycles. The van der Waals surface area contributed by atoms with Gasteiger partial charge < -0.3 is 10.4 Å². The van der Waals surface area contributed by atoms with E-state index in [1.165, 1.54) is 5.56 Å². The third-order valence-corrected chi connectivity index (χ3v) is 3.93. The molecule has 0 bridgehead atoms. The number of benzene rings is 1. The van der Waals surface area contributed by atoms with Crippen LogP contribution in [-0.2, 0) is 12.6 Å². The van der Waals surface area contributed by atoms with Crippen LogP contribution in [-0.4, -0.2) is 21.4 Å². The molecule has 0 spiro atoms. The summed E-state index contributed by atoms with van der Waals surface area (Å²) in [5.74, 6) is 0.584. The molecule has 0 aliphatic carbocycles. The Morgan fingerprint density at radius 3 is 2.50 bits per heavy atom. The van der Waals surface area contributed by atoms with Crippen LogP contribution in [0.1, 0.15) is 44.4 Å². The summed E-state index contributed by atoms with van der Waals surface area (Å²) in [6.45, 7) is 6.76. The van der Waals surface area contributed by atoms with Gasteiger partial charge in [-0.2, -0.15) is 5.10 Å². The van der Waals surface area contributed by atoms with Gasteiger partial charge in [0.25, 0.3) is 0 Å². The summed E-state index contributed by atoms with van der Waals surface area (Å²) in [7, 11) is 1.86. The standard InChI is InChI=1S/C18H27N3O/c1-14(2)10-17(15-8-6-5-7-9-15)19-13-18(3,22)16-11-20-21(4)12-16/h5-9,11-12,14,17,19,22H,10,13H2,1-4H3. The van der Waals surface area contributed by atoms with E-state index in [4.69, 9.17) is 0 Å². The predicted molar refractivity (Wildman–Crippen MR) is 89.4 cm³/mol. The number of hydrogen-bond acceptors (Lipinski definition) is 3. The van der Waals surface area contributed by atoms with E-state index >= 15 is 0 Å². The molecule has 1 aromatic carbocycles. The van der Waals surface area contributed by atoms with Crippen molar-refractivity contribution in [2.75, 3.05) is 6.54 Å². The number of nitrogens with zero attached hydrogens (tertiary/aromatic N) is 2. The number of rotatable bonds is 7. The van der Waals surface area contributed by atoms with Crippen LogP contribution >= 0.6 is 0 Å². The number of aryl methyl sites for hydroxylation is 1. The second-order valence-electron chi connectivity index (χ2n) is 6.65. The van der Waals surface area contributed by atoms with Crippen LogP contribution in [0.4, 0.5) is 0 Å². The summed E-state index contributed by atoms with van der Waals surface area (Å²) in [5, 5.41) is 18.4. The van der Waals surface area contributed by atoms with E-state index in [0.29, 0.717) is 12.5 Å². The maximum absolute atomic E-state index is 10.7. The van der Waals surface area contributed by atoms with Crippen LogP contribution in [0, 0.1) is 5.92 Å². The van der Waals surface area contributed by atoms with E-state index in [1.54, 1.807) is 10.9 Å². The molecule has 4 nitrogen and oxygen atoms in total. The lowest BCUT2D eigenvalue weighted by Gasteiger charge is -2.28. The van der Waals surface area contributed by atoms with Gasteiger partial charge in [0.1, 0.15) is 5.60 Å². The molecule has 1 aromatic heterocycles. The minimum absolute atomic E-state index is 0.240. The van der Waals surface area contributed by atoms with E-state index < -0.39 is 5.60 Å². The van der Waals surface area contributed by atoms with Crippen molar-refractivity contribution in [2.45, 2.75) is 38.8 Å². The molecule has 0 fully saturated rings. The van der Waals surface area contributed by atoms with E-state index in [1.807, 2.05) is 26.2 Å². The molecule has 0 saturated heterocycles. The number of aromatic nitrogens is 2. The van der Waals surface area contributed by atoms with Crippen molar-refractivity contribution in [3.8, 4) is 0 Å². The Kier molecular flexibility index (Phi) is 5.37. The van der Waals surface area contributed by atoms with Crippen molar-refractivity contribution in [1.29, 1.82) is 0 Å². The second kappa shape index (κ2) is 7.07. The lowest BCUT2D eigenvalue weighted by atomic mass is 9.94. The van der Waals surface area contributed by atoms with Crippen molar-refractivity contribution >= 4 is 0 Å². The quantitative estimate of drug-likeness (QED) is 0.826. The molecule has 2 N–H and O–H groups in total. The maximum Gasteiger partial charge on any atom is 0.102 e. The highest BCUT2D eigenvalue weighted by atomic mass is 16.3. The lowest BCUT2D eigenvalue weighted by Crippen LogP contribution is -2.37. The number of aliphatic hydroxyl groups is 1. The molecule has 0 radical (unpaired) electrons. The Labute approximate surface area is 133 Å². The van der Waals surface area contributed by atoms with E-state index in [9.17, 15) is 5.11 Å². The highest BCUT2D eigenvalue weighted by Crippen LogP contribution is 2.24. The van der Waals surface area contributed by atoms with Gasteiger partial charge in [-0.15, -0.1) is 0 Å². The molecule has 22 heavy (non-hydrogen) atoms. The Morgan fingerprint density at radius 2 is 1.95 bits per heavy atom. The Hall–Kier alpha value is -1.65. The fourth-order valence-electron chi connectivity index (χ4n) is 2.62. The first-order chi connectivity index (χ1) is 10.4. The molecule has 0 amide bonds. The average molecular weight is 301 g/mol. The lowest BCUT2D eigenvalue weighted by molar-refractivity contribution is 0.0528. The molecular formula is C18H27N3O. The minimum atomic E-state index is -0.932. The highest BCUT2D eigenvalue weighted by Gasteiger charge is 2.26. The van der Waals surface area contributed by atoms with Crippen LogP contribution in [0.25, 0.3) is 0 Å². The number of hydrogen-bond donors (Lipinski definition) is 2. The van der Waals surface area contributed by atoms with E-state index in [0.717, 1.165) is 12.0 Å². The predicted octanol–water partition coefficient (Wildman–Crippen LogP) is 3.00. The van der Waals surface area contributed by atoms with Crippen molar-refractivity contribution in [1.82, 2.24) is 15.1 Å². The van der Waals surface area contributed by atoms with Gasteiger partial charge in [-0.3, -0.25) is 4.68 Å². The fourth-order valence-corrected chi connectivity index (χ4v) is 2.62. The third kappa shape index (κ3) is 4.42. The van der Waals surface area contributed by atoms with Gasteiger partial charge in [0.05, 0.1) is 6.20 Å². The molecule has 0 aliphatic heterocycles. The SMILES string of the molecule is CC(C)CC(NCC(C)(O)c1cnn(C)c1)c1ccccc1. The van der Waals surface area contributed by atoms with Crippen molar-refractivity contribution in [2.24, 2.45) is 13.0 Å². The number of nitrogens with one attached hydrogen (secondary N) is 1. The first-order valence-electron chi connectivity index (χ1n) is 7.88. The van der Waals surface area contributed by atoms with Gasteiger partial charge >= 0.3 is 0 Å². The first-order valence-corrected chi connectivity index (χ1v) is 7.88. The van der Waals surface area contributed by atoms with Crippen LogP contribution in [0.3, 0.4) is 0 Å². The Bertz CT molecular complexity index is 575. The highest BCUT2D eigenvalue weighted by molar-refractivity contribution is 5.20. The first kappa shape index (κ1) is 16.7. The molecule has 120 valence electrons. The Morgan fingerprint density at radius 1 is 1.27 bits per heavy atom. The zero-order chi connectivity index (χ0) is 16.2. The molecule has 1 heterocycles. The average Bonchev–Trinajstić information content (AvgIpc) is 2.91. The monoisotopic (exact) mass is 301 g/mol. The van der Waals surface area contributed by atoms with Crippen molar-refractivity contribution < 1.29 is 5.11 Å². The smallest absolute Gasteiger partial charge is 0.102 e. The van der Waals surface area contributed by atoms with Gasteiger partial charge in [-0.05, 0) is 24.8 Å². The summed E-state index contributed by atoms with van der Waals surface area (Å²) < 4.78 is 1.71. The normalized spacial score (nSPS) is 15.7. The summed E-state index contributed by atoms with van der Waals surface area (Å²) in [5.41, 5.74) is 1.16. The Balaban J connectivity index is 2.07. The van der Waals surface area contributed by atoms with E-state index in [-0.39, 0.29) is 6.04 Å². The molecule has 4 heteroatoms. The van der Waals surface area contributed by atoms with Crippen LogP contribution < -0.4 is 5.32 Å². The minimum Gasteiger partial charge on any atom is -0.384 e. The van der Waals surface area contributed by atoms with Crippen LogP contribution in [0.5, 0.6) is 0 Å². The van der Waals surface area contributed by atoms with Gasteiger partial charge in [0, 0.05) is 31.4 Å². The summed E-state index contributed by atoms with van der Waals surface area (Å²) in [6.07, 6.45) is 4.62. The van der Waals surface area contributed by atoms with Gasteiger partial charge in [-0.1, -0.05) is 44.2 Å². The molecule has 2 aromatic rings. The molecule has 2 atom stereocenters. The molecular weight excluding hydrogens is 274 g/mol. The molecule has 2 unspecified atom stereocenters. The summed E-state index contributed by atoms with van der Waals surface area (Å²) >= 11 is 0.